The first-order chi connectivity index (χ1) is 7.72. The van der Waals surface area contributed by atoms with E-state index in [0.29, 0.717) is 11.1 Å². The van der Waals surface area contributed by atoms with Crippen LogP contribution in [0.4, 0.5) is 13.2 Å². The van der Waals surface area contributed by atoms with Gasteiger partial charge in [0.1, 0.15) is 5.78 Å². The summed E-state index contributed by atoms with van der Waals surface area (Å²) in [6, 6.07) is 4.61. The zero-order valence-corrected chi connectivity index (χ0v) is 11.5. The highest BCUT2D eigenvalue weighted by molar-refractivity contribution is 9.09. The van der Waals surface area contributed by atoms with Crippen LogP contribution in [-0.2, 0) is 4.79 Å². The van der Waals surface area contributed by atoms with Gasteiger partial charge >= 0.3 is 5.51 Å². The lowest BCUT2D eigenvalue weighted by Gasteiger charge is -2.16. The average Bonchev–Trinajstić information content (AvgIpc) is 2.14. The molecule has 0 radical (unpaired) electrons. The van der Waals surface area contributed by atoms with Crippen molar-refractivity contribution in [2.24, 2.45) is 0 Å². The molecule has 0 aromatic heterocycles. The zero-order valence-electron chi connectivity index (χ0n) is 9.14. The van der Waals surface area contributed by atoms with Crippen LogP contribution >= 0.6 is 27.7 Å². The molecule has 1 atom stereocenters. The second-order valence-corrected chi connectivity index (χ2v) is 5.53. The fraction of sp³-hybridized carbons (Fsp3) is 0.364. The molecule has 0 heterocycles. The molecule has 0 aliphatic rings. The predicted molar refractivity (Wildman–Crippen MR) is 65.4 cm³/mol. The Balaban J connectivity index is 3.22. The van der Waals surface area contributed by atoms with Crippen molar-refractivity contribution >= 4 is 33.5 Å². The maximum atomic E-state index is 12.4. The molecule has 0 amide bonds. The highest BCUT2D eigenvalue weighted by Gasteiger charge is 2.32. The third-order valence-corrected chi connectivity index (χ3v) is 4.03. The van der Waals surface area contributed by atoms with E-state index in [1.807, 2.05) is 0 Å². The summed E-state index contributed by atoms with van der Waals surface area (Å²) in [7, 11) is 0. The predicted octanol–water partition coefficient (Wildman–Crippen LogP) is 4.63. The van der Waals surface area contributed by atoms with Crippen molar-refractivity contribution in [3.8, 4) is 0 Å². The standard InChI is InChI=1S/C11H10BrF3OS/c1-6-4-3-5-8(17-11(13,14)15)9(6)10(12)7(2)16/h3-5,10H,1-2H3. The smallest absolute Gasteiger partial charge is 0.298 e. The normalized spacial score (nSPS) is 13.5. The highest BCUT2D eigenvalue weighted by atomic mass is 79.9. The highest BCUT2D eigenvalue weighted by Crippen LogP contribution is 2.42. The number of hydrogen-bond donors (Lipinski definition) is 0. The number of halogens is 4. The zero-order chi connectivity index (χ0) is 13.2. The molecule has 6 heteroatoms. The molecule has 0 N–H and O–H groups in total. The van der Waals surface area contributed by atoms with E-state index in [4.69, 9.17) is 0 Å². The molecule has 0 aliphatic heterocycles. The van der Waals surface area contributed by atoms with E-state index in [2.05, 4.69) is 15.9 Å². The molecule has 0 spiro atoms. The molecular formula is C11H10BrF3OS. The molecule has 1 aromatic rings. The molecule has 0 saturated carbocycles. The third-order valence-electron chi connectivity index (χ3n) is 2.12. The van der Waals surface area contributed by atoms with Gasteiger partial charge in [-0.25, -0.2) is 0 Å². The van der Waals surface area contributed by atoms with Crippen LogP contribution in [0.3, 0.4) is 0 Å². The lowest BCUT2D eigenvalue weighted by atomic mass is 10.0. The van der Waals surface area contributed by atoms with Gasteiger partial charge in [0, 0.05) is 4.90 Å². The Labute approximate surface area is 110 Å². The van der Waals surface area contributed by atoms with Crippen LogP contribution in [0, 0.1) is 6.92 Å². The molecule has 0 saturated heterocycles. The number of hydrogen-bond acceptors (Lipinski definition) is 2. The van der Waals surface area contributed by atoms with Gasteiger partial charge in [-0.05, 0) is 42.8 Å². The second-order valence-electron chi connectivity index (χ2n) is 3.51. The number of ketones is 1. The molecule has 0 fully saturated rings. The van der Waals surface area contributed by atoms with Crippen molar-refractivity contribution < 1.29 is 18.0 Å². The average molecular weight is 327 g/mol. The summed E-state index contributed by atoms with van der Waals surface area (Å²) in [4.78, 5) is 10.6. The molecular weight excluding hydrogens is 317 g/mol. The minimum Gasteiger partial charge on any atom is -0.298 e. The molecule has 1 unspecified atom stereocenters. The van der Waals surface area contributed by atoms with Crippen LogP contribution in [0.15, 0.2) is 23.1 Å². The minimum atomic E-state index is -4.36. The van der Waals surface area contributed by atoms with E-state index < -0.39 is 10.3 Å². The van der Waals surface area contributed by atoms with Crippen molar-refractivity contribution in [3.63, 3.8) is 0 Å². The SMILES string of the molecule is CC(=O)C(Br)c1c(C)cccc1SC(F)(F)F. The molecule has 1 rings (SSSR count). The molecule has 1 aromatic carbocycles. The summed E-state index contributed by atoms with van der Waals surface area (Å²) in [5.74, 6) is -0.219. The Bertz CT molecular complexity index is 431. The largest absolute Gasteiger partial charge is 0.446 e. The second kappa shape index (κ2) is 5.44. The van der Waals surface area contributed by atoms with Gasteiger partial charge < -0.3 is 0 Å². The van der Waals surface area contributed by atoms with E-state index in [9.17, 15) is 18.0 Å². The number of carbonyl (C=O) groups is 1. The molecule has 0 bridgehead atoms. The number of benzene rings is 1. The van der Waals surface area contributed by atoms with Crippen LogP contribution in [0.5, 0.6) is 0 Å². The lowest BCUT2D eigenvalue weighted by Crippen LogP contribution is -2.07. The Morgan fingerprint density at radius 3 is 2.47 bits per heavy atom. The van der Waals surface area contributed by atoms with Crippen molar-refractivity contribution in [1.82, 2.24) is 0 Å². The summed E-state index contributed by atoms with van der Waals surface area (Å²) in [5, 5.41) is 0. The van der Waals surface area contributed by atoms with Crippen LogP contribution < -0.4 is 0 Å². The van der Waals surface area contributed by atoms with Gasteiger partial charge in [-0.2, -0.15) is 13.2 Å². The van der Waals surface area contributed by atoms with Gasteiger partial charge in [-0.15, -0.1) is 0 Å². The van der Waals surface area contributed by atoms with E-state index in [1.165, 1.54) is 13.0 Å². The summed E-state index contributed by atoms with van der Waals surface area (Å²) >= 11 is 2.93. The van der Waals surface area contributed by atoms with E-state index in [1.54, 1.807) is 19.1 Å². The van der Waals surface area contributed by atoms with E-state index in [0.717, 1.165) is 0 Å². The first-order valence-electron chi connectivity index (χ1n) is 4.72. The van der Waals surface area contributed by atoms with Crippen molar-refractivity contribution in [3.05, 3.63) is 29.3 Å². The van der Waals surface area contributed by atoms with Gasteiger partial charge in [0.25, 0.3) is 0 Å². The third kappa shape index (κ3) is 4.03. The Morgan fingerprint density at radius 2 is 2.00 bits per heavy atom. The summed E-state index contributed by atoms with van der Waals surface area (Å²) in [5.41, 5.74) is -3.30. The monoisotopic (exact) mass is 326 g/mol. The van der Waals surface area contributed by atoms with Gasteiger partial charge in [0.2, 0.25) is 0 Å². The Kier molecular flexibility index (Phi) is 4.66. The maximum Gasteiger partial charge on any atom is 0.446 e. The van der Waals surface area contributed by atoms with Gasteiger partial charge in [0.05, 0.1) is 4.83 Å². The van der Waals surface area contributed by atoms with Crippen LogP contribution in [0.2, 0.25) is 0 Å². The lowest BCUT2D eigenvalue weighted by molar-refractivity contribution is -0.116. The van der Waals surface area contributed by atoms with Gasteiger partial charge in [-0.3, -0.25) is 4.79 Å². The summed E-state index contributed by atoms with van der Waals surface area (Å²) < 4.78 is 37.1. The van der Waals surface area contributed by atoms with E-state index >= 15 is 0 Å². The maximum absolute atomic E-state index is 12.4. The van der Waals surface area contributed by atoms with Crippen molar-refractivity contribution in [2.75, 3.05) is 0 Å². The van der Waals surface area contributed by atoms with Crippen LogP contribution in [0.25, 0.3) is 0 Å². The topological polar surface area (TPSA) is 17.1 Å². The number of aryl methyl sites for hydroxylation is 1. The van der Waals surface area contributed by atoms with Crippen LogP contribution in [-0.4, -0.2) is 11.3 Å². The fourth-order valence-electron chi connectivity index (χ4n) is 1.40. The van der Waals surface area contributed by atoms with E-state index in [-0.39, 0.29) is 22.4 Å². The summed E-state index contributed by atoms with van der Waals surface area (Å²) in [6.07, 6.45) is 0. The number of carbonyl (C=O) groups excluding carboxylic acids is 1. The Hall–Kier alpha value is -0.490. The minimum absolute atomic E-state index is 0.0644. The Morgan fingerprint density at radius 1 is 1.41 bits per heavy atom. The van der Waals surface area contributed by atoms with Crippen LogP contribution in [0.1, 0.15) is 22.9 Å². The number of thioether (sulfide) groups is 1. The van der Waals surface area contributed by atoms with Gasteiger partial charge in [-0.1, -0.05) is 28.1 Å². The molecule has 0 aliphatic carbocycles. The van der Waals surface area contributed by atoms with Gasteiger partial charge in [0.15, 0.2) is 0 Å². The van der Waals surface area contributed by atoms with Crippen molar-refractivity contribution in [1.29, 1.82) is 0 Å². The first-order valence-corrected chi connectivity index (χ1v) is 6.45. The van der Waals surface area contributed by atoms with Crippen molar-refractivity contribution in [2.45, 2.75) is 29.1 Å². The molecule has 17 heavy (non-hydrogen) atoms. The first kappa shape index (κ1) is 14.6. The number of Topliss-reactive ketones (excluding diaryl/α,β-unsaturated/α-hetero) is 1. The quantitative estimate of drug-likeness (QED) is 0.595. The number of rotatable bonds is 3. The fourth-order valence-corrected chi connectivity index (χ4v) is 2.94. The summed E-state index contributed by atoms with van der Waals surface area (Å²) in [6.45, 7) is 3.03. The molecule has 1 nitrogen and oxygen atoms in total. The number of alkyl halides is 4. The molecule has 94 valence electrons.